The average molecular weight is 429 g/mol. The van der Waals surface area contributed by atoms with Crippen LogP contribution >= 0.6 is 23.2 Å². The molecule has 0 aliphatic heterocycles. The highest BCUT2D eigenvalue weighted by molar-refractivity contribution is 6.31. The Morgan fingerprint density at radius 3 is 1.86 bits per heavy atom. The van der Waals surface area contributed by atoms with E-state index in [1.54, 1.807) is 37.4 Å². The molecule has 0 atom stereocenters. The van der Waals surface area contributed by atoms with Crippen LogP contribution < -0.4 is 4.74 Å². The van der Waals surface area contributed by atoms with Gasteiger partial charge in [0, 0.05) is 39.2 Å². The predicted molar refractivity (Wildman–Crippen MR) is 117 cm³/mol. The van der Waals surface area contributed by atoms with Gasteiger partial charge in [0.05, 0.1) is 7.11 Å². The molecule has 3 aromatic rings. The molecule has 29 heavy (non-hydrogen) atoms. The summed E-state index contributed by atoms with van der Waals surface area (Å²) in [5.74, 6) is 0.708. The van der Waals surface area contributed by atoms with Crippen LogP contribution in [0.2, 0.25) is 10.0 Å². The van der Waals surface area contributed by atoms with Gasteiger partial charge in [0.15, 0.2) is 6.17 Å². The Kier molecular flexibility index (Phi) is 6.75. The summed E-state index contributed by atoms with van der Waals surface area (Å²) < 4.78 is 5.43. The van der Waals surface area contributed by atoms with E-state index in [0.29, 0.717) is 32.5 Å². The fourth-order valence-electron chi connectivity index (χ4n) is 2.64. The second-order valence-corrected chi connectivity index (χ2v) is 6.95. The van der Waals surface area contributed by atoms with Crippen molar-refractivity contribution in [1.29, 1.82) is 0 Å². The largest absolute Gasteiger partial charge is 0.507 e. The minimum atomic E-state index is -0.692. The quantitative estimate of drug-likeness (QED) is 0.498. The molecule has 0 unspecified atom stereocenters. The molecule has 0 spiro atoms. The van der Waals surface area contributed by atoms with E-state index in [1.165, 1.54) is 24.6 Å². The zero-order valence-electron chi connectivity index (χ0n) is 15.5. The molecule has 0 aliphatic carbocycles. The van der Waals surface area contributed by atoms with Crippen LogP contribution in [0.3, 0.4) is 0 Å². The van der Waals surface area contributed by atoms with E-state index in [2.05, 4.69) is 9.98 Å². The summed E-state index contributed by atoms with van der Waals surface area (Å²) in [5.41, 5.74) is 1.63. The van der Waals surface area contributed by atoms with Gasteiger partial charge in [-0.1, -0.05) is 41.4 Å². The van der Waals surface area contributed by atoms with Crippen LogP contribution in [0.15, 0.2) is 70.6 Å². The normalized spacial score (nSPS) is 11.6. The fourth-order valence-corrected chi connectivity index (χ4v) is 3.00. The Balaban J connectivity index is 2.02. The Hall–Kier alpha value is -3.02. The van der Waals surface area contributed by atoms with Gasteiger partial charge in [-0.2, -0.15) is 0 Å². The summed E-state index contributed by atoms with van der Waals surface area (Å²) in [5, 5.41) is 21.0. The third kappa shape index (κ3) is 5.28. The van der Waals surface area contributed by atoms with Gasteiger partial charge in [-0.3, -0.25) is 9.98 Å². The third-order valence-corrected chi connectivity index (χ3v) is 4.58. The Morgan fingerprint density at radius 1 is 0.828 bits per heavy atom. The summed E-state index contributed by atoms with van der Waals surface area (Å²) in [4.78, 5) is 9.01. The van der Waals surface area contributed by atoms with Crippen molar-refractivity contribution >= 4 is 35.6 Å². The monoisotopic (exact) mass is 428 g/mol. The summed E-state index contributed by atoms with van der Waals surface area (Å²) in [6.07, 6.45) is 2.30. The van der Waals surface area contributed by atoms with E-state index in [4.69, 9.17) is 27.9 Å². The molecule has 3 rings (SSSR count). The second kappa shape index (κ2) is 9.45. The molecular weight excluding hydrogens is 411 g/mol. The lowest BCUT2D eigenvalue weighted by molar-refractivity contribution is 0.406. The first-order valence-electron chi connectivity index (χ1n) is 8.64. The maximum absolute atomic E-state index is 10.0. The number of benzene rings is 3. The Labute approximate surface area is 178 Å². The fraction of sp³-hybridized carbons (Fsp3) is 0.0909. The molecule has 0 heterocycles. The number of para-hydroxylation sites is 1. The lowest BCUT2D eigenvalue weighted by Gasteiger charge is -2.13. The molecule has 0 saturated carbocycles. The van der Waals surface area contributed by atoms with Gasteiger partial charge < -0.3 is 14.9 Å². The number of rotatable bonds is 6. The smallest absolute Gasteiger partial charge is 0.168 e. The van der Waals surface area contributed by atoms with Crippen molar-refractivity contribution in [1.82, 2.24) is 0 Å². The van der Waals surface area contributed by atoms with Crippen molar-refractivity contribution in [2.75, 3.05) is 7.11 Å². The molecular formula is C22H18Cl2N2O3. The van der Waals surface area contributed by atoms with Gasteiger partial charge in [0.25, 0.3) is 0 Å². The van der Waals surface area contributed by atoms with Crippen LogP contribution in [0.4, 0.5) is 0 Å². The molecule has 0 radical (unpaired) electrons. The van der Waals surface area contributed by atoms with E-state index in [1.807, 2.05) is 18.2 Å². The molecule has 5 nitrogen and oxygen atoms in total. The van der Waals surface area contributed by atoms with Crippen molar-refractivity contribution in [2.45, 2.75) is 6.17 Å². The zero-order valence-corrected chi connectivity index (χ0v) is 17.0. The number of methoxy groups -OCH3 is 1. The lowest BCUT2D eigenvalue weighted by Crippen LogP contribution is -1.99. The number of nitrogens with zero attached hydrogens (tertiary/aromatic N) is 2. The molecule has 0 aromatic heterocycles. The van der Waals surface area contributed by atoms with Gasteiger partial charge in [-0.25, -0.2) is 0 Å². The first-order valence-corrected chi connectivity index (χ1v) is 9.40. The SMILES string of the molecule is COc1ccccc1C(/N=C/c1cc(Cl)ccc1O)/N=C/c1cc(Cl)ccc1O. The summed E-state index contributed by atoms with van der Waals surface area (Å²) >= 11 is 12.0. The van der Waals surface area contributed by atoms with Crippen LogP contribution in [0.5, 0.6) is 17.2 Å². The first kappa shape index (κ1) is 20.7. The molecule has 2 N–H and O–H groups in total. The number of phenols is 2. The number of hydrogen-bond acceptors (Lipinski definition) is 5. The minimum Gasteiger partial charge on any atom is -0.507 e. The summed E-state index contributed by atoms with van der Waals surface area (Å²) in [6, 6.07) is 16.7. The number of halogens is 2. The predicted octanol–water partition coefficient (Wildman–Crippen LogP) is 5.65. The molecule has 0 saturated heterocycles. The molecule has 7 heteroatoms. The standard InChI is InChI=1S/C22H18Cl2N2O3/c1-29-21-5-3-2-4-18(21)22(25-12-14-10-16(23)6-8-19(14)27)26-13-15-11-17(24)7-9-20(15)28/h2-13,22,27-28H,1H3/b25-12+,26-13+. The van der Waals surface area contributed by atoms with Crippen molar-refractivity contribution in [3.8, 4) is 17.2 Å². The molecule has 0 aliphatic rings. The number of aromatic hydroxyl groups is 2. The summed E-state index contributed by atoms with van der Waals surface area (Å²) in [7, 11) is 1.56. The van der Waals surface area contributed by atoms with E-state index < -0.39 is 6.17 Å². The minimum absolute atomic E-state index is 0.0494. The van der Waals surface area contributed by atoms with Gasteiger partial charge in [0.1, 0.15) is 17.2 Å². The van der Waals surface area contributed by atoms with Crippen molar-refractivity contribution in [3.05, 3.63) is 87.4 Å². The van der Waals surface area contributed by atoms with E-state index in [9.17, 15) is 10.2 Å². The lowest BCUT2D eigenvalue weighted by atomic mass is 10.1. The highest BCUT2D eigenvalue weighted by Crippen LogP contribution is 2.30. The maximum atomic E-state index is 10.0. The number of aliphatic imine (C=N–C) groups is 2. The summed E-state index contributed by atoms with van der Waals surface area (Å²) in [6.45, 7) is 0. The van der Waals surface area contributed by atoms with Crippen LogP contribution in [-0.4, -0.2) is 29.8 Å². The van der Waals surface area contributed by atoms with Gasteiger partial charge >= 0.3 is 0 Å². The third-order valence-electron chi connectivity index (χ3n) is 4.11. The topological polar surface area (TPSA) is 74.4 Å². The molecule has 3 aromatic carbocycles. The van der Waals surface area contributed by atoms with Gasteiger partial charge in [-0.05, 0) is 42.5 Å². The van der Waals surface area contributed by atoms with Gasteiger partial charge in [0.2, 0.25) is 0 Å². The molecule has 148 valence electrons. The molecule has 0 amide bonds. The van der Waals surface area contributed by atoms with Crippen molar-refractivity contribution in [3.63, 3.8) is 0 Å². The van der Waals surface area contributed by atoms with Crippen molar-refractivity contribution < 1.29 is 14.9 Å². The molecule has 0 bridgehead atoms. The molecule has 0 fully saturated rings. The Bertz CT molecular complexity index is 1010. The van der Waals surface area contributed by atoms with Crippen LogP contribution in [0.1, 0.15) is 22.9 Å². The van der Waals surface area contributed by atoms with E-state index in [-0.39, 0.29) is 11.5 Å². The zero-order chi connectivity index (χ0) is 20.8. The van der Waals surface area contributed by atoms with Crippen LogP contribution in [0, 0.1) is 0 Å². The van der Waals surface area contributed by atoms with Crippen molar-refractivity contribution in [2.24, 2.45) is 9.98 Å². The first-order chi connectivity index (χ1) is 14.0. The number of ether oxygens (including phenoxy) is 1. The van der Waals surface area contributed by atoms with Crippen LogP contribution in [0.25, 0.3) is 0 Å². The van der Waals surface area contributed by atoms with Crippen LogP contribution in [-0.2, 0) is 0 Å². The Morgan fingerprint density at radius 2 is 1.34 bits per heavy atom. The number of phenolic OH excluding ortho intramolecular Hbond substituents is 2. The second-order valence-electron chi connectivity index (χ2n) is 6.08. The van der Waals surface area contributed by atoms with Gasteiger partial charge in [-0.15, -0.1) is 0 Å². The maximum Gasteiger partial charge on any atom is 0.168 e. The van der Waals surface area contributed by atoms with E-state index >= 15 is 0 Å². The highest BCUT2D eigenvalue weighted by atomic mass is 35.5. The average Bonchev–Trinajstić information content (AvgIpc) is 2.72. The highest BCUT2D eigenvalue weighted by Gasteiger charge is 2.13. The number of hydrogen-bond donors (Lipinski definition) is 2. The van der Waals surface area contributed by atoms with E-state index in [0.717, 1.165) is 0 Å².